The smallest absolute Gasteiger partial charge is 0.251 e. The van der Waals surface area contributed by atoms with Crippen molar-refractivity contribution in [3.63, 3.8) is 0 Å². The van der Waals surface area contributed by atoms with E-state index < -0.39 is 5.91 Å². The van der Waals surface area contributed by atoms with Crippen molar-refractivity contribution in [2.75, 3.05) is 11.1 Å². The van der Waals surface area contributed by atoms with Crippen LogP contribution < -0.4 is 15.8 Å². The summed E-state index contributed by atoms with van der Waals surface area (Å²) in [6.45, 7) is 13.3. The monoisotopic (exact) mass is 553 g/mol. The van der Waals surface area contributed by atoms with Gasteiger partial charge in [-0.3, -0.25) is 14.2 Å². The lowest BCUT2D eigenvalue weighted by Crippen LogP contribution is -2.20. The Labute approximate surface area is 232 Å². The van der Waals surface area contributed by atoms with Gasteiger partial charge in [-0.1, -0.05) is 57.7 Å². The zero-order chi connectivity index (χ0) is 27.4. The van der Waals surface area contributed by atoms with Gasteiger partial charge in [0.1, 0.15) is 17.4 Å². The summed E-state index contributed by atoms with van der Waals surface area (Å²) in [6.07, 6.45) is 4.49. The molecule has 1 aliphatic carbocycles. The van der Waals surface area contributed by atoms with E-state index in [1.165, 1.54) is 28.7 Å². The predicted molar refractivity (Wildman–Crippen MR) is 153 cm³/mol. The molecule has 2 aromatic heterocycles. The molecule has 202 valence electrons. The molecular weight excluding hydrogens is 518 g/mol. The quantitative estimate of drug-likeness (QED) is 0.258. The first-order valence-electron chi connectivity index (χ1n) is 12.7. The van der Waals surface area contributed by atoms with Crippen LogP contribution in [-0.4, -0.2) is 32.3 Å². The van der Waals surface area contributed by atoms with Crippen molar-refractivity contribution in [1.29, 1.82) is 0 Å². The molecule has 0 fully saturated rings. The van der Waals surface area contributed by atoms with Crippen LogP contribution in [0.1, 0.15) is 66.3 Å². The van der Waals surface area contributed by atoms with Crippen molar-refractivity contribution >= 4 is 39.9 Å². The zero-order valence-electron chi connectivity index (χ0n) is 22.4. The van der Waals surface area contributed by atoms with Gasteiger partial charge in [-0.05, 0) is 53.9 Å². The van der Waals surface area contributed by atoms with Crippen molar-refractivity contribution in [3.05, 3.63) is 64.3 Å². The van der Waals surface area contributed by atoms with Crippen LogP contribution in [0.5, 0.6) is 5.75 Å². The fourth-order valence-electron chi connectivity index (χ4n) is 4.44. The van der Waals surface area contributed by atoms with Gasteiger partial charge in [0.25, 0.3) is 5.91 Å². The Morgan fingerprint density at radius 2 is 2.03 bits per heavy atom. The normalized spacial score (nSPS) is 15.1. The fraction of sp³-hybridized carbons (Fsp3) is 0.429. The van der Waals surface area contributed by atoms with Crippen LogP contribution in [0.15, 0.2) is 42.1 Å². The minimum Gasteiger partial charge on any atom is -0.486 e. The van der Waals surface area contributed by atoms with E-state index >= 15 is 0 Å². The number of primary amides is 1. The number of hydrogen-bond acceptors (Lipinski definition) is 7. The van der Waals surface area contributed by atoms with Crippen molar-refractivity contribution in [2.24, 2.45) is 11.7 Å². The molecule has 4 rings (SSSR count). The van der Waals surface area contributed by atoms with Crippen molar-refractivity contribution in [1.82, 2.24) is 14.8 Å². The molecule has 2 amide bonds. The van der Waals surface area contributed by atoms with Crippen LogP contribution in [0.25, 0.3) is 0 Å². The maximum absolute atomic E-state index is 12.8. The first-order valence-corrected chi connectivity index (χ1v) is 14.5. The van der Waals surface area contributed by atoms with E-state index in [1.807, 2.05) is 16.7 Å². The van der Waals surface area contributed by atoms with Gasteiger partial charge in [-0.15, -0.1) is 28.1 Å². The lowest BCUT2D eigenvalue weighted by molar-refractivity contribution is -0.113. The molecule has 8 nitrogen and oxygen atoms in total. The lowest BCUT2D eigenvalue weighted by atomic mass is 9.87. The Balaban J connectivity index is 1.40. The number of carbonyl (C=O) groups is 2. The predicted octanol–water partition coefficient (Wildman–Crippen LogP) is 5.36. The molecule has 3 aromatic rings. The van der Waals surface area contributed by atoms with Crippen LogP contribution in [-0.2, 0) is 36.2 Å². The van der Waals surface area contributed by atoms with Crippen LogP contribution in [0, 0.1) is 5.92 Å². The average Bonchev–Trinajstić information content (AvgIpc) is 3.41. The molecule has 1 unspecified atom stereocenters. The van der Waals surface area contributed by atoms with E-state index in [-0.39, 0.29) is 23.7 Å². The van der Waals surface area contributed by atoms with Crippen LogP contribution >= 0.6 is 23.1 Å². The van der Waals surface area contributed by atoms with Crippen molar-refractivity contribution < 1.29 is 14.3 Å². The fourth-order valence-corrected chi connectivity index (χ4v) is 6.64. The number of benzene rings is 1. The maximum Gasteiger partial charge on any atom is 0.251 e. The highest BCUT2D eigenvalue weighted by molar-refractivity contribution is 7.99. The van der Waals surface area contributed by atoms with E-state index in [2.05, 4.69) is 61.9 Å². The number of thiophene rings is 1. The number of hydrogen-bond donors (Lipinski definition) is 2. The molecule has 0 bridgehead atoms. The third-order valence-corrected chi connectivity index (χ3v) is 8.67. The van der Waals surface area contributed by atoms with Gasteiger partial charge in [-0.2, -0.15) is 0 Å². The molecular formula is C28H35N5O3S2. The third kappa shape index (κ3) is 6.47. The number of ether oxygens (including phenoxy) is 1. The van der Waals surface area contributed by atoms with Gasteiger partial charge < -0.3 is 15.8 Å². The summed E-state index contributed by atoms with van der Waals surface area (Å²) in [5.74, 6) is 1.33. The lowest BCUT2D eigenvalue weighted by Gasteiger charge is -2.19. The van der Waals surface area contributed by atoms with E-state index in [1.54, 1.807) is 6.08 Å². The molecule has 10 heteroatoms. The highest BCUT2D eigenvalue weighted by Crippen LogP contribution is 2.39. The standard InChI is InChI=1S/C28H35N5O3S2/c1-6-13-33-22(15-36-19-10-8-18(9-11-19)28(3,4)5)31-32-27(33)37-16-23(34)30-26-24(25(29)35)20-12-7-17(2)14-21(20)38-26/h6,8-11,17H,1,7,12-16H2,2-5H3,(H2,29,35)(H,30,34). The maximum atomic E-state index is 12.8. The van der Waals surface area contributed by atoms with Gasteiger partial charge in [0, 0.05) is 11.4 Å². The summed E-state index contributed by atoms with van der Waals surface area (Å²) in [6, 6.07) is 8.05. The summed E-state index contributed by atoms with van der Waals surface area (Å²) < 4.78 is 7.84. The summed E-state index contributed by atoms with van der Waals surface area (Å²) >= 11 is 2.73. The second kappa shape index (κ2) is 11.7. The van der Waals surface area contributed by atoms with E-state index in [0.717, 1.165) is 35.5 Å². The number of nitrogens with one attached hydrogen (secondary N) is 1. The highest BCUT2D eigenvalue weighted by atomic mass is 32.2. The van der Waals surface area contributed by atoms with Gasteiger partial charge in [0.2, 0.25) is 5.91 Å². The van der Waals surface area contributed by atoms with Crippen molar-refractivity contribution in [3.8, 4) is 5.75 Å². The van der Waals surface area contributed by atoms with Gasteiger partial charge in [0.15, 0.2) is 11.0 Å². The Bertz CT molecular complexity index is 1320. The van der Waals surface area contributed by atoms with Gasteiger partial charge in [0.05, 0.1) is 11.3 Å². The minimum atomic E-state index is -0.497. The Hall–Kier alpha value is -3.11. The summed E-state index contributed by atoms with van der Waals surface area (Å²) in [4.78, 5) is 26.2. The van der Waals surface area contributed by atoms with E-state index in [4.69, 9.17) is 10.5 Å². The second-order valence-corrected chi connectivity index (χ2v) is 12.7. The molecule has 38 heavy (non-hydrogen) atoms. The average molecular weight is 554 g/mol. The molecule has 0 saturated carbocycles. The summed E-state index contributed by atoms with van der Waals surface area (Å²) in [5, 5.41) is 12.6. The Kier molecular flexibility index (Phi) is 8.62. The number of rotatable bonds is 10. The Morgan fingerprint density at radius 3 is 2.68 bits per heavy atom. The number of thioether (sulfide) groups is 1. The third-order valence-electron chi connectivity index (χ3n) is 6.54. The topological polar surface area (TPSA) is 112 Å². The number of aromatic nitrogens is 3. The molecule has 0 saturated heterocycles. The summed E-state index contributed by atoms with van der Waals surface area (Å²) in [5.41, 5.74) is 8.44. The number of allylic oxidation sites excluding steroid dienone is 1. The highest BCUT2D eigenvalue weighted by Gasteiger charge is 2.27. The van der Waals surface area contributed by atoms with Gasteiger partial charge >= 0.3 is 0 Å². The van der Waals surface area contributed by atoms with E-state index in [9.17, 15) is 9.59 Å². The number of nitrogens with zero attached hydrogens (tertiary/aromatic N) is 3. The van der Waals surface area contributed by atoms with Gasteiger partial charge in [-0.25, -0.2) is 0 Å². The summed E-state index contributed by atoms with van der Waals surface area (Å²) in [7, 11) is 0. The molecule has 1 atom stereocenters. The molecule has 3 N–H and O–H groups in total. The molecule has 1 aromatic carbocycles. The number of anilines is 1. The first-order chi connectivity index (χ1) is 18.1. The van der Waals surface area contributed by atoms with Crippen LogP contribution in [0.2, 0.25) is 0 Å². The number of amides is 2. The largest absolute Gasteiger partial charge is 0.486 e. The van der Waals surface area contributed by atoms with Crippen LogP contribution in [0.4, 0.5) is 5.00 Å². The Morgan fingerprint density at radius 1 is 1.29 bits per heavy atom. The molecule has 1 aliphatic rings. The second-order valence-electron chi connectivity index (χ2n) is 10.6. The number of nitrogens with two attached hydrogens (primary N) is 1. The molecule has 2 heterocycles. The minimum absolute atomic E-state index is 0.0734. The molecule has 0 aliphatic heterocycles. The van der Waals surface area contributed by atoms with Crippen LogP contribution in [0.3, 0.4) is 0 Å². The number of carbonyl (C=O) groups excluding carboxylic acids is 2. The number of fused-ring (bicyclic) bond motifs is 1. The first kappa shape index (κ1) is 27.9. The molecule has 0 radical (unpaired) electrons. The van der Waals surface area contributed by atoms with E-state index in [0.29, 0.717) is 34.0 Å². The SMILES string of the molecule is C=CCn1c(COc2ccc(C(C)(C)C)cc2)nnc1SCC(=O)Nc1sc2c(c1C(N)=O)CCC(C)C2. The molecule has 0 spiro atoms. The van der Waals surface area contributed by atoms with Crippen molar-refractivity contribution in [2.45, 2.75) is 70.7 Å². The zero-order valence-corrected chi connectivity index (χ0v) is 24.0.